The number of benzene rings is 1. The molecule has 1 aromatic rings. The molecule has 0 aliphatic heterocycles. The number of aromatic hydroxyl groups is 1. The summed E-state index contributed by atoms with van der Waals surface area (Å²) in [7, 11) is 1.37. The molecule has 0 radical (unpaired) electrons. The molecule has 144 valence electrons. The van der Waals surface area contributed by atoms with Gasteiger partial charge < -0.3 is 15.2 Å². The fourth-order valence-electron chi connectivity index (χ4n) is 2.71. The van der Waals surface area contributed by atoms with Crippen LogP contribution in [-0.4, -0.2) is 36.3 Å². The number of phenolic OH excluding ortho intramolecular Hbond substituents is 1. The normalized spacial score (nSPS) is 15.3. The zero-order valence-corrected chi connectivity index (χ0v) is 16.3. The lowest BCUT2D eigenvalue weighted by Gasteiger charge is -2.23. The van der Waals surface area contributed by atoms with Crippen molar-refractivity contribution in [1.29, 1.82) is 5.41 Å². The molecule has 1 aromatic carbocycles. The Morgan fingerprint density at radius 1 is 1.26 bits per heavy atom. The second kappa shape index (κ2) is 8.66. The number of hydrogen-bond acceptors (Lipinski definition) is 6. The highest BCUT2D eigenvalue weighted by atomic mass is 16.5. The van der Waals surface area contributed by atoms with Gasteiger partial charge in [-0.3, -0.25) is 15.2 Å². The highest BCUT2D eigenvalue weighted by Gasteiger charge is 2.21. The number of carbonyl (C=O) groups excluding carboxylic acids is 1. The average Bonchev–Trinajstić information content (AvgIpc) is 2.62. The molecule has 0 saturated carbocycles. The number of hydrogen-bond donors (Lipinski definition) is 3. The van der Waals surface area contributed by atoms with Crippen LogP contribution < -0.4 is 5.32 Å². The van der Waals surface area contributed by atoms with Crippen LogP contribution in [0.25, 0.3) is 0 Å². The molecule has 0 aromatic heterocycles. The molecule has 0 atom stereocenters. The van der Waals surface area contributed by atoms with Crippen LogP contribution in [0.5, 0.6) is 5.75 Å². The summed E-state index contributed by atoms with van der Waals surface area (Å²) < 4.78 is 4.71. The first kappa shape index (κ1) is 20.4. The van der Waals surface area contributed by atoms with Gasteiger partial charge in [-0.25, -0.2) is 0 Å². The van der Waals surface area contributed by atoms with E-state index in [4.69, 9.17) is 10.1 Å². The molecule has 0 fully saturated rings. The number of nitrogens with one attached hydrogen (secondary N) is 2. The smallest absolute Gasteiger partial charge is 0.305 e. The molecule has 0 bridgehead atoms. The van der Waals surface area contributed by atoms with Crippen LogP contribution in [0, 0.1) is 5.41 Å². The van der Waals surface area contributed by atoms with Crippen LogP contribution in [0.2, 0.25) is 0 Å². The Kier molecular flexibility index (Phi) is 6.55. The first-order valence-electron chi connectivity index (χ1n) is 8.87. The Hall–Kier alpha value is -2.89. The molecule has 27 heavy (non-hydrogen) atoms. The molecule has 6 nitrogen and oxygen atoms in total. The molecule has 1 aliphatic rings. The van der Waals surface area contributed by atoms with Gasteiger partial charge >= 0.3 is 5.97 Å². The van der Waals surface area contributed by atoms with E-state index in [2.05, 4.69) is 10.3 Å². The fraction of sp³-hybridized carbons (Fsp3) is 0.381. The van der Waals surface area contributed by atoms with Gasteiger partial charge in [0.2, 0.25) is 0 Å². The number of aliphatic imine (C=N–C) groups is 1. The third-order valence-electron chi connectivity index (χ3n) is 4.25. The molecule has 1 aliphatic carbocycles. The van der Waals surface area contributed by atoms with E-state index in [0.29, 0.717) is 23.5 Å². The summed E-state index contributed by atoms with van der Waals surface area (Å²) in [4.78, 5) is 15.8. The molecule has 6 heteroatoms. The van der Waals surface area contributed by atoms with Gasteiger partial charge in [0.15, 0.2) is 0 Å². The maximum absolute atomic E-state index is 11.5. The molecule has 3 N–H and O–H groups in total. The lowest BCUT2D eigenvalue weighted by Crippen LogP contribution is -2.15. The highest BCUT2D eigenvalue weighted by molar-refractivity contribution is 6.50. The maximum atomic E-state index is 11.5. The van der Waals surface area contributed by atoms with E-state index < -0.39 is 0 Å². The van der Waals surface area contributed by atoms with Crippen molar-refractivity contribution < 1.29 is 14.6 Å². The van der Waals surface area contributed by atoms with Crippen LogP contribution in [0.1, 0.15) is 38.3 Å². The fourth-order valence-corrected chi connectivity index (χ4v) is 2.71. The van der Waals surface area contributed by atoms with Crippen molar-refractivity contribution in [2.45, 2.75) is 39.0 Å². The van der Waals surface area contributed by atoms with E-state index in [-0.39, 0.29) is 30.2 Å². The minimum atomic E-state index is -0.267. The van der Waals surface area contributed by atoms with Crippen LogP contribution in [0.4, 0.5) is 5.69 Å². The van der Waals surface area contributed by atoms with Gasteiger partial charge in [0.05, 0.1) is 24.2 Å². The van der Waals surface area contributed by atoms with Crippen LogP contribution in [0.3, 0.4) is 0 Å². The molecular formula is C21H27N3O3. The first-order chi connectivity index (χ1) is 12.7. The second-order valence-electron chi connectivity index (χ2n) is 7.38. The lowest BCUT2D eigenvalue weighted by atomic mass is 9.84. The molecule has 0 spiro atoms. The van der Waals surface area contributed by atoms with Crippen molar-refractivity contribution in [2.24, 2.45) is 4.99 Å². The van der Waals surface area contributed by atoms with Crippen LogP contribution in [0.15, 0.2) is 41.4 Å². The molecular weight excluding hydrogens is 342 g/mol. The summed E-state index contributed by atoms with van der Waals surface area (Å²) in [5.41, 5.74) is 2.98. The van der Waals surface area contributed by atoms with Gasteiger partial charge in [-0.15, -0.1) is 0 Å². The Bertz CT molecular complexity index is 815. The number of aryl methyl sites for hydroxylation is 1. The van der Waals surface area contributed by atoms with E-state index >= 15 is 0 Å². The standard InChI is InChI=1S/C21H27N3O3/c1-21(2,3)15-11-14(9-10-19(25)27-4)12-18(20(15)26)24-13-23-17-8-6-5-7-16(17)22/h5-8,11-12,22,24,26H,9-10,13H2,1-4H3. The van der Waals surface area contributed by atoms with Crippen molar-refractivity contribution in [3.8, 4) is 5.75 Å². The Morgan fingerprint density at radius 2 is 1.96 bits per heavy atom. The summed E-state index contributed by atoms with van der Waals surface area (Å²) in [5, 5.41) is 21.7. The SMILES string of the molecule is COC(=O)CCc1cc(NCN=C2C=CC=CC2=N)c(O)c(C(C)(C)C)c1. The van der Waals surface area contributed by atoms with Crippen molar-refractivity contribution in [2.75, 3.05) is 19.1 Å². The van der Waals surface area contributed by atoms with Crippen LogP contribution in [-0.2, 0) is 21.4 Å². The number of esters is 1. The Morgan fingerprint density at radius 3 is 2.59 bits per heavy atom. The van der Waals surface area contributed by atoms with E-state index in [1.807, 2.05) is 39.0 Å². The van der Waals surface area contributed by atoms with E-state index in [1.165, 1.54) is 7.11 Å². The quantitative estimate of drug-likeness (QED) is 0.404. The van der Waals surface area contributed by atoms with Gasteiger partial charge in [-0.05, 0) is 35.6 Å². The molecule has 0 amide bonds. The van der Waals surface area contributed by atoms with E-state index in [9.17, 15) is 9.90 Å². The number of phenols is 1. The summed E-state index contributed by atoms with van der Waals surface area (Å²) in [6, 6.07) is 3.76. The topological polar surface area (TPSA) is 94.8 Å². The van der Waals surface area contributed by atoms with Crippen molar-refractivity contribution in [3.63, 3.8) is 0 Å². The number of carbonyl (C=O) groups is 1. The molecule has 0 unspecified atom stereocenters. The minimum absolute atomic E-state index is 0.179. The number of methoxy groups -OCH3 is 1. The largest absolute Gasteiger partial charge is 0.505 e. The number of rotatable bonds is 6. The van der Waals surface area contributed by atoms with E-state index in [0.717, 1.165) is 11.1 Å². The molecule has 2 rings (SSSR count). The summed E-state index contributed by atoms with van der Waals surface area (Å²) in [5.74, 6) is -0.0874. The predicted octanol–water partition coefficient (Wildman–Crippen LogP) is 3.75. The summed E-state index contributed by atoms with van der Waals surface area (Å²) in [6.45, 7) is 6.30. The molecule has 0 saturated heterocycles. The lowest BCUT2D eigenvalue weighted by molar-refractivity contribution is -0.140. The number of nitrogens with zero attached hydrogens (tertiary/aromatic N) is 1. The maximum Gasteiger partial charge on any atom is 0.305 e. The van der Waals surface area contributed by atoms with Gasteiger partial charge in [-0.2, -0.15) is 0 Å². The molecule has 0 heterocycles. The predicted molar refractivity (Wildman–Crippen MR) is 109 cm³/mol. The Labute approximate surface area is 160 Å². The number of allylic oxidation sites excluding steroid dienone is 4. The Balaban J connectivity index is 2.24. The zero-order valence-electron chi connectivity index (χ0n) is 16.3. The number of anilines is 1. The zero-order chi connectivity index (χ0) is 20.0. The van der Waals surface area contributed by atoms with Crippen molar-refractivity contribution in [3.05, 3.63) is 47.6 Å². The monoisotopic (exact) mass is 369 g/mol. The van der Waals surface area contributed by atoms with Crippen molar-refractivity contribution in [1.82, 2.24) is 0 Å². The van der Waals surface area contributed by atoms with Crippen molar-refractivity contribution >= 4 is 23.1 Å². The third-order valence-corrected chi connectivity index (χ3v) is 4.25. The highest BCUT2D eigenvalue weighted by Crippen LogP contribution is 2.37. The summed E-state index contributed by atoms with van der Waals surface area (Å²) >= 11 is 0. The number of ether oxygens (including phenoxy) is 1. The van der Waals surface area contributed by atoms with Gasteiger partial charge in [-0.1, -0.05) is 39.0 Å². The van der Waals surface area contributed by atoms with E-state index in [1.54, 1.807) is 18.2 Å². The minimum Gasteiger partial charge on any atom is -0.505 e. The second-order valence-corrected chi connectivity index (χ2v) is 7.38. The van der Waals surface area contributed by atoms with Crippen LogP contribution >= 0.6 is 0 Å². The van der Waals surface area contributed by atoms with Gasteiger partial charge in [0, 0.05) is 12.0 Å². The first-order valence-corrected chi connectivity index (χ1v) is 8.87. The van der Waals surface area contributed by atoms with Gasteiger partial charge in [0.1, 0.15) is 12.4 Å². The third kappa shape index (κ3) is 5.54. The van der Waals surface area contributed by atoms with Gasteiger partial charge in [0.25, 0.3) is 0 Å². The summed E-state index contributed by atoms with van der Waals surface area (Å²) in [6.07, 6.45) is 7.89. The average molecular weight is 369 g/mol.